The van der Waals surface area contributed by atoms with Crippen LogP contribution >= 0.6 is 0 Å². The highest BCUT2D eigenvalue weighted by atomic mass is 16.1. The summed E-state index contributed by atoms with van der Waals surface area (Å²) in [5.74, 6) is 0.459. The summed E-state index contributed by atoms with van der Waals surface area (Å²) in [5.41, 5.74) is 9.95. The third kappa shape index (κ3) is 3.99. The molecule has 2 aromatic carbocycles. The van der Waals surface area contributed by atoms with Crippen molar-refractivity contribution >= 4 is 5.91 Å². The standard InChI is InChI=1S/C20H24N2O/c21-19(16-8-2-1-3-9-16)13-20(23)22-14-17-11-6-10-15-7-4-5-12-18(15)17/h1-5,7-9,12,17,19H,6,10-11,13-14,21H2,(H,22,23). The Morgan fingerprint density at radius 1 is 1.13 bits per heavy atom. The summed E-state index contributed by atoms with van der Waals surface area (Å²) in [6.07, 6.45) is 3.82. The lowest BCUT2D eigenvalue weighted by Crippen LogP contribution is -2.32. The maximum atomic E-state index is 12.2. The van der Waals surface area contributed by atoms with Crippen LogP contribution in [0.1, 0.15) is 47.9 Å². The predicted molar refractivity (Wildman–Crippen MR) is 93.1 cm³/mol. The first-order chi connectivity index (χ1) is 11.2. The SMILES string of the molecule is NC(CC(=O)NCC1CCCc2ccccc21)c1ccccc1. The average molecular weight is 308 g/mol. The lowest BCUT2D eigenvalue weighted by Gasteiger charge is -2.25. The first-order valence-corrected chi connectivity index (χ1v) is 8.39. The summed E-state index contributed by atoms with van der Waals surface area (Å²) < 4.78 is 0. The Kier molecular flexibility index (Phi) is 5.09. The van der Waals surface area contributed by atoms with Gasteiger partial charge in [0, 0.05) is 24.9 Å². The van der Waals surface area contributed by atoms with Crippen LogP contribution in [0.4, 0.5) is 0 Å². The smallest absolute Gasteiger partial charge is 0.221 e. The van der Waals surface area contributed by atoms with Crippen molar-refractivity contribution in [2.75, 3.05) is 6.54 Å². The van der Waals surface area contributed by atoms with E-state index in [1.54, 1.807) is 0 Å². The molecule has 1 aliphatic rings. The molecule has 23 heavy (non-hydrogen) atoms. The zero-order valence-electron chi connectivity index (χ0n) is 13.4. The molecular weight excluding hydrogens is 284 g/mol. The Balaban J connectivity index is 1.54. The summed E-state index contributed by atoms with van der Waals surface area (Å²) in [7, 11) is 0. The molecule has 0 saturated carbocycles. The lowest BCUT2D eigenvalue weighted by molar-refractivity contribution is -0.121. The molecule has 3 N–H and O–H groups in total. The number of fused-ring (bicyclic) bond motifs is 1. The molecule has 3 nitrogen and oxygen atoms in total. The minimum Gasteiger partial charge on any atom is -0.355 e. The number of hydrogen-bond donors (Lipinski definition) is 2. The van der Waals surface area contributed by atoms with Crippen molar-refractivity contribution in [2.45, 2.75) is 37.6 Å². The van der Waals surface area contributed by atoms with Crippen LogP contribution in [0.15, 0.2) is 54.6 Å². The number of amides is 1. The zero-order chi connectivity index (χ0) is 16.1. The fourth-order valence-electron chi connectivity index (χ4n) is 3.39. The van der Waals surface area contributed by atoms with E-state index in [0.29, 0.717) is 18.9 Å². The summed E-state index contributed by atoms with van der Waals surface area (Å²) in [6.45, 7) is 0.706. The third-order valence-electron chi connectivity index (χ3n) is 4.67. The molecule has 0 heterocycles. The first kappa shape index (κ1) is 15.8. The number of hydrogen-bond acceptors (Lipinski definition) is 2. The second-order valence-corrected chi connectivity index (χ2v) is 6.31. The highest BCUT2D eigenvalue weighted by Gasteiger charge is 2.20. The molecule has 120 valence electrons. The van der Waals surface area contributed by atoms with E-state index in [2.05, 4.69) is 29.6 Å². The third-order valence-corrected chi connectivity index (χ3v) is 4.67. The Morgan fingerprint density at radius 2 is 1.87 bits per heavy atom. The number of benzene rings is 2. The molecule has 3 heteroatoms. The number of aryl methyl sites for hydroxylation is 1. The molecule has 0 radical (unpaired) electrons. The van der Waals surface area contributed by atoms with Crippen LogP contribution in [-0.4, -0.2) is 12.5 Å². The minimum atomic E-state index is -0.241. The van der Waals surface area contributed by atoms with Gasteiger partial charge in [0.15, 0.2) is 0 Å². The van der Waals surface area contributed by atoms with Crippen molar-refractivity contribution in [1.82, 2.24) is 5.32 Å². The van der Waals surface area contributed by atoms with Crippen LogP contribution in [0.25, 0.3) is 0 Å². The van der Waals surface area contributed by atoms with E-state index in [1.165, 1.54) is 17.5 Å². The van der Waals surface area contributed by atoms with Gasteiger partial charge in [-0.3, -0.25) is 4.79 Å². The van der Waals surface area contributed by atoms with Gasteiger partial charge in [0.25, 0.3) is 0 Å². The van der Waals surface area contributed by atoms with Crippen molar-refractivity contribution in [3.8, 4) is 0 Å². The van der Waals surface area contributed by atoms with Crippen molar-refractivity contribution in [3.05, 3.63) is 71.3 Å². The van der Waals surface area contributed by atoms with E-state index >= 15 is 0 Å². The normalized spacial score (nSPS) is 18.0. The fourth-order valence-corrected chi connectivity index (χ4v) is 3.39. The lowest BCUT2D eigenvalue weighted by atomic mass is 9.83. The van der Waals surface area contributed by atoms with Crippen LogP contribution in [0, 0.1) is 0 Å². The Bertz CT molecular complexity index is 654. The Morgan fingerprint density at radius 3 is 2.70 bits per heavy atom. The monoisotopic (exact) mass is 308 g/mol. The maximum absolute atomic E-state index is 12.2. The minimum absolute atomic E-state index is 0.0319. The number of rotatable bonds is 5. The summed E-state index contributed by atoms with van der Waals surface area (Å²) in [4.78, 5) is 12.2. The maximum Gasteiger partial charge on any atom is 0.221 e. The van der Waals surface area contributed by atoms with Gasteiger partial charge in [-0.15, -0.1) is 0 Å². The number of nitrogens with two attached hydrogens (primary N) is 1. The Labute approximate surface area is 137 Å². The van der Waals surface area contributed by atoms with Gasteiger partial charge in [0.05, 0.1) is 0 Å². The number of carbonyl (C=O) groups excluding carboxylic acids is 1. The van der Waals surface area contributed by atoms with Crippen LogP contribution in [0.5, 0.6) is 0 Å². The highest BCUT2D eigenvalue weighted by Crippen LogP contribution is 2.30. The molecule has 1 amide bonds. The summed E-state index contributed by atoms with van der Waals surface area (Å²) in [5, 5.41) is 3.07. The predicted octanol–water partition coefficient (Wildman–Crippen LogP) is 3.31. The van der Waals surface area contributed by atoms with Gasteiger partial charge in [0.2, 0.25) is 5.91 Å². The van der Waals surface area contributed by atoms with Crippen molar-refractivity contribution < 1.29 is 4.79 Å². The van der Waals surface area contributed by atoms with Gasteiger partial charge in [0.1, 0.15) is 0 Å². The zero-order valence-corrected chi connectivity index (χ0v) is 13.4. The van der Waals surface area contributed by atoms with Crippen LogP contribution in [0.2, 0.25) is 0 Å². The van der Waals surface area contributed by atoms with Crippen LogP contribution in [0.3, 0.4) is 0 Å². The van der Waals surface area contributed by atoms with Crippen LogP contribution in [-0.2, 0) is 11.2 Å². The number of nitrogens with one attached hydrogen (secondary N) is 1. The van der Waals surface area contributed by atoms with Gasteiger partial charge in [-0.2, -0.15) is 0 Å². The second-order valence-electron chi connectivity index (χ2n) is 6.31. The van der Waals surface area contributed by atoms with Crippen molar-refractivity contribution in [2.24, 2.45) is 5.73 Å². The molecule has 1 aliphatic carbocycles. The topological polar surface area (TPSA) is 55.1 Å². The van der Waals surface area contributed by atoms with E-state index in [9.17, 15) is 4.79 Å². The van der Waals surface area contributed by atoms with E-state index in [4.69, 9.17) is 5.73 Å². The summed E-state index contributed by atoms with van der Waals surface area (Å²) in [6, 6.07) is 18.1. The van der Waals surface area contributed by atoms with E-state index in [0.717, 1.165) is 18.4 Å². The van der Waals surface area contributed by atoms with E-state index < -0.39 is 0 Å². The molecule has 2 aromatic rings. The van der Waals surface area contributed by atoms with E-state index in [-0.39, 0.29) is 11.9 Å². The van der Waals surface area contributed by atoms with Gasteiger partial charge in [-0.1, -0.05) is 54.6 Å². The molecule has 0 saturated heterocycles. The molecule has 2 unspecified atom stereocenters. The number of carbonyl (C=O) groups is 1. The van der Waals surface area contributed by atoms with Crippen molar-refractivity contribution in [3.63, 3.8) is 0 Å². The quantitative estimate of drug-likeness (QED) is 0.890. The fraction of sp³-hybridized carbons (Fsp3) is 0.350. The Hall–Kier alpha value is -2.13. The van der Waals surface area contributed by atoms with E-state index in [1.807, 2.05) is 30.3 Å². The highest BCUT2D eigenvalue weighted by molar-refractivity contribution is 5.76. The average Bonchev–Trinajstić information content (AvgIpc) is 2.60. The first-order valence-electron chi connectivity index (χ1n) is 8.39. The second kappa shape index (κ2) is 7.42. The van der Waals surface area contributed by atoms with Crippen LogP contribution < -0.4 is 11.1 Å². The van der Waals surface area contributed by atoms with Gasteiger partial charge >= 0.3 is 0 Å². The summed E-state index contributed by atoms with van der Waals surface area (Å²) >= 11 is 0. The molecule has 0 aromatic heterocycles. The molecule has 0 aliphatic heterocycles. The van der Waals surface area contributed by atoms with Gasteiger partial charge in [-0.05, 0) is 36.0 Å². The molecule has 3 rings (SSSR count). The van der Waals surface area contributed by atoms with Gasteiger partial charge in [-0.25, -0.2) is 0 Å². The molecule has 0 spiro atoms. The van der Waals surface area contributed by atoms with Crippen molar-refractivity contribution in [1.29, 1.82) is 0 Å². The molecule has 2 atom stereocenters. The van der Waals surface area contributed by atoms with Gasteiger partial charge < -0.3 is 11.1 Å². The molecule has 0 fully saturated rings. The molecular formula is C20H24N2O. The molecule has 0 bridgehead atoms. The largest absolute Gasteiger partial charge is 0.355 e.